The van der Waals surface area contributed by atoms with Gasteiger partial charge < -0.3 is 15.4 Å². The smallest absolute Gasteiger partial charge is 0.238 e. The van der Waals surface area contributed by atoms with Crippen LogP contribution in [0.3, 0.4) is 0 Å². The lowest BCUT2D eigenvalue weighted by atomic mass is 10.2. The fraction of sp³-hybridized carbons (Fsp3) is 0.130. The second-order valence-corrected chi connectivity index (χ2v) is 8.00. The lowest BCUT2D eigenvalue weighted by molar-refractivity contribution is -0.120. The van der Waals surface area contributed by atoms with Crippen molar-refractivity contribution in [1.29, 1.82) is 0 Å². The molecule has 5 nitrogen and oxygen atoms in total. The molecule has 146 valence electrons. The summed E-state index contributed by atoms with van der Waals surface area (Å²) in [4.78, 5) is 25.9. The number of aryl methyl sites for hydroxylation is 1. The maximum atomic E-state index is 12.6. The van der Waals surface area contributed by atoms with Crippen LogP contribution in [0.1, 0.15) is 12.0 Å². The van der Waals surface area contributed by atoms with Gasteiger partial charge in [0.1, 0.15) is 5.75 Å². The second-order valence-electron chi connectivity index (χ2n) is 6.76. The predicted octanol–water partition coefficient (Wildman–Crippen LogP) is 5.23. The van der Waals surface area contributed by atoms with Crippen LogP contribution < -0.4 is 15.4 Å². The van der Waals surface area contributed by atoms with E-state index in [2.05, 4.69) is 10.6 Å². The van der Waals surface area contributed by atoms with E-state index < -0.39 is 5.25 Å². The van der Waals surface area contributed by atoms with Gasteiger partial charge in [-0.2, -0.15) is 0 Å². The Hall–Kier alpha value is -3.25. The zero-order chi connectivity index (χ0) is 20.2. The molecule has 2 N–H and O–H groups in total. The zero-order valence-electron chi connectivity index (χ0n) is 15.8. The number of para-hydroxylation sites is 3. The molecule has 3 aromatic rings. The monoisotopic (exact) mass is 404 g/mol. The summed E-state index contributed by atoms with van der Waals surface area (Å²) in [5.41, 5.74) is 2.50. The molecule has 6 heteroatoms. The van der Waals surface area contributed by atoms with E-state index in [0.717, 1.165) is 16.1 Å². The van der Waals surface area contributed by atoms with E-state index >= 15 is 0 Å². The average Bonchev–Trinajstić information content (AvgIpc) is 2.72. The van der Waals surface area contributed by atoms with Crippen molar-refractivity contribution in [3.63, 3.8) is 0 Å². The van der Waals surface area contributed by atoms with Gasteiger partial charge in [-0.1, -0.05) is 42.0 Å². The molecule has 0 saturated heterocycles. The fourth-order valence-electron chi connectivity index (χ4n) is 2.99. The molecule has 2 amide bonds. The first-order valence-electron chi connectivity index (χ1n) is 9.28. The molecule has 4 rings (SSSR count). The van der Waals surface area contributed by atoms with Crippen molar-refractivity contribution >= 4 is 35.0 Å². The van der Waals surface area contributed by atoms with E-state index in [4.69, 9.17) is 4.74 Å². The molecule has 0 unspecified atom stereocenters. The van der Waals surface area contributed by atoms with E-state index in [9.17, 15) is 9.59 Å². The highest BCUT2D eigenvalue weighted by molar-refractivity contribution is 8.01. The third-order valence-corrected chi connectivity index (χ3v) is 5.76. The lowest BCUT2D eigenvalue weighted by Gasteiger charge is -2.23. The number of rotatable bonds is 5. The molecule has 0 radical (unpaired) electrons. The summed E-state index contributed by atoms with van der Waals surface area (Å²) >= 11 is 1.41. The molecule has 1 atom stereocenters. The van der Waals surface area contributed by atoms with Crippen LogP contribution >= 0.6 is 11.8 Å². The minimum Gasteiger partial charge on any atom is -0.455 e. The van der Waals surface area contributed by atoms with Gasteiger partial charge in [0.25, 0.3) is 0 Å². The Balaban J connectivity index is 1.44. The predicted molar refractivity (Wildman–Crippen MR) is 116 cm³/mol. The van der Waals surface area contributed by atoms with E-state index in [-0.39, 0.29) is 18.2 Å². The van der Waals surface area contributed by atoms with Gasteiger partial charge in [0.15, 0.2) is 5.75 Å². The largest absolute Gasteiger partial charge is 0.455 e. The lowest BCUT2D eigenvalue weighted by Crippen LogP contribution is -2.32. The Kier molecular flexibility index (Phi) is 5.53. The average molecular weight is 404 g/mol. The van der Waals surface area contributed by atoms with Crippen LogP contribution in [0.5, 0.6) is 11.5 Å². The molecule has 1 heterocycles. The quantitative estimate of drug-likeness (QED) is 0.611. The summed E-state index contributed by atoms with van der Waals surface area (Å²) in [5, 5.41) is 5.26. The number of ether oxygens (including phenoxy) is 1. The van der Waals surface area contributed by atoms with Crippen LogP contribution in [-0.4, -0.2) is 17.1 Å². The number of nitrogens with one attached hydrogen (secondary N) is 2. The van der Waals surface area contributed by atoms with Gasteiger partial charge in [-0.05, 0) is 43.3 Å². The van der Waals surface area contributed by atoms with Gasteiger partial charge in [-0.15, -0.1) is 11.8 Å². The molecule has 0 aliphatic carbocycles. The Bertz CT molecular complexity index is 1050. The molecule has 29 heavy (non-hydrogen) atoms. The van der Waals surface area contributed by atoms with E-state index in [1.165, 1.54) is 11.8 Å². The molecule has 0 spiro atoms. The third kappa shape index (κ3) is 4.60. The number of hydrogen-bond donors (Lipinski definition) is 2. The number of benzene rings is 3. The summed E-state index contributed by atoms with van der Waals surface area (Å²) in [6.07, 6.45) is 0.0731. The molecule has 0 fully saturated rings. The third-order valence-electron chi connectivity index (χ3n) is 4.49. The van der Waals surface area contributed by atoms with Gasteiger partial charge in [-0.3, -0.25) is 9.59 Å². The van der Waals surface area contributed by atoms with E-state index in [0.29, 0.717) is 17.2 Å². The number of amides is 2. The highest BCUT2D eigenvalue weighted by atomic mass is 32.2. The number of hydrogen-bond acceptors (Lipinski definition) is 4. The van der Waals surface area contributed by atoms with Crippen LogP contribution in [0.25, 0.3) is 0 Å². The van der Waals surface area contributed by atoms with E-state index in [1.54, 1.807) is 12.1 Å². The second kappa shape index (κ2) is 8.41. The molecule has 0 bridgehead atoms. The van der Waals surface area contributed by atoms with Gasteiger partial charge in [0, 0.05) is 11.3 Å². The maximum absolute atomic E-state index is 12.6. The first-order chi connectivity index (χ1) is 14.1. The van der Waals surface area contributed by atoms with Crippen LogP contribution in [0.15, 0.2) is 77.7 Å². The Morgan fingerprint density at radius 2 is 1.76 bits per heavy atom. The molecule has 0 aromatic heterocycles. The summed E-state index contributed by atoms with van der Waals surface area (Å²) in [5.74, 6) is 0.844. The standard InChI is InChI=1S/C23H20N2O3S/c1-15-10-12-16(13-11-15)28-19-8-4-2-6-17(19)24-22(26)14-21-23(27)25-18-7-3-5-9-20(18)29-21/h2-13,21H,14H2,1H3,(H,24,26)(H,25,27)/t21-/m1/s1. The van der Waals surface area contributed by atoms with Crippen LogP contribution in [0.2, 0.25) is 0 Å². The molecule has 0 saturated carbocycles. The Morgan fingerprint density at radius 1 is 1.03 bits per heavy atom. The summed E-state index contributed by atoms with van der Waals surface area (Å²) in [6, 6.07) is 22.5. The fourth-order valence-corrected chi connectivity index (χ4v) is 4.10. The van der Waals surface area contributed by atoms with Gasteiger partial charge in [0.05, 0.1) is 16.6 Å². The number of anilines is 2. The molecule has 1 aliphatic heterocycles. The Morgan fingerprint density at radius 3 is 2.59 bits per heavy atom. The number of fused-ring (bicyclic) bond motifs is 1. The first-order valence-corrected chi connectivity index (χ1v) is 10.2. The van der Waals surface area contributed by atoms with Crippen molar-refractivity contribution in [1.82, 2.24) is 0 Å². The summed E-state index contributed by atoms with van der Waals surface area (Å²) in [6.45, 7) is 2.01. The summed E-state index contributed by atoms with van der Waals surface area (Å²) < 4.78 is 5.92. The normalized spacial score (nSPS) is 15.2. The topological polar surface area (TPSA) is 67.4 Å². The minimum absolute atomic E-state index is 0.0731. The maximum Gasteiger partial charge on any atom is 0.238 e. The van der Waals surface area contributed by atoms with Crippen molar-refractivity contribution in [2.24, 2.45) is 0 Å². The van der Waals surface area contributed by atoms with Crippen LogP contribution in [-0.2, 0) is 9.59 Å². The van der Waals surface area contributed by atoms with Gasteiger partial charge in [0.2, 0.25) is 11.8 Å². The number of carbonyl (C=O) groups is 2. The van der Waals surface area contributed by atoms with Crippen molar-refractivity contribution in [2.75, 3.05) is 10.6 Å². The van der Waals surface area contributed by atoms with Gasteiger partial charge in [-0.25, -0.2) is 0 Å². The number of thioether (sulfide) groups is 1. The van der Waals surface area contributed by atoms with Crippen molar-refractivity contribution in [2.45, 2.75) is 23.5 Å². The first kappa shape index (κ1) is 19.1. The number of carbonyl (C=O) groups excluding carboxylic acids is 2. The molecule has 3 aromatic carbocycles. The van der Waals surface area contributed by atoms with Crippen molar-refractivity contribution < 1.29 is 14.3 Å². The van der Waals surface area contributed by atoms with Gasteiger partial charge >= 0.3 is 0 Å². The highest BCUT2D eigenvalue weighted by Crippen LogP contribution is 2.37. The molecular formula is C23H20N2O3S. The SMILES string of the molecule is Cc1ccc(Oc2ccccc2NC(=O)C[C@H]2Sc3ccccc3NC2=O)cc1. The van der Waals surface area contributed by atoms with E-state index in [1.807, 2.05) is 67.6 Å². The molecule has 1 aliphatic rings. The highest BCUT2D eigenvalue weighted by Gasteiger charge is 2.29. The Labute approximate surface area is 173 Å². The minimum atomic E-state index is -0.477. The van der Waals surface area contributed by atoms with Crippen LogP contribution in [0, 0.1) is 6.92 Å². The van der Waals surface area contributed by atoms with Crippen molar-refractivity contribution in [3.8, 4) is 11.5 Å². The van der Waals surface area contributed by atoms with Crippen LogP contribution in [0.4, 0.5) is 11.4 Å². The van der Waals surface area contributed by atoms with Crippen molar-refractivity contribution in [3.05, 3.63) is 78.4 Å². The molecular weight excluding hydrogens is 384 g/mol. The zero-order valence-corrected chi connectivity index (χ0v) is 16.7. The summed E-state index contributed by atoms with van der Waals surface area (Å²) in [7, 11) is 0.